The minimum absolute atomic E-state index is 0.112. The van der Waals surface area contributed by atoms with Crippen molar-refractivity contribution in [2.75, 3.05) is 6.54 Å². The minimum atomic E-state index is -0.703. The van der Waals surface area contributed by atoms with E-state index in [0.717, 1.165) is 6.54 Å². The zero-order valence-corrected chi connectivity index (χ0v) is 11.3. The lowest BCUT2D eigenvalue weighted by Gasteiger charge is -2.44. The Hall–Kier alpha value is -0.570. The molecule has 4 unspecified atom stereocenters. The first-order valence-corrected chi connectivity index (χ1v) is 6.39. The lowest BCUT2D eigenvalue weighted by Crippen LogP contribution is -2.59. The van der Waals surface area contributed by atoms with Crippen molar-refractivity contribution in [2.45, 2.75) is 59.0 Å². The quantitative estimate of drug-likeness (QED) is 0.783. The van der Waals surface area contributed by atoms with Crippen molar-refractivity contribution < 1.29 is 4.79 Å². The fraction of sp³-hybridized carbons (Fsp3) is 0.923. The molecule has 0 saturated carbocycles. The molecule has 1 amide bonds. The molecule has 0 aliphatic carbocycles. The SMILES string of the molecule is CCC(C)(N)C(=O)N1CC(C)CC(C)C1C. The third-order valence-electron chi connectivity index (χ3n) is 4.08. The number of rotatable bonds is 2. The van der Waals surface area contributed by atoms with Gasteiger partial charge in [-0.2, -0.15) is 0 Å². The maximum absolute atomic E-state index is 12.4. The van der Waals surface area contributed by atoms with E-state index < -0.39 is 5.54 Å². The summed E-state index contributed by atoms with van der Waals surface area (Å²) in [6, 6.07) is 0.318. The van der Waals surface area contributed by atoms with Crippen LogP contribution in [0.5, 0.6) is 0 Å². The van der Waals surface area contributed by atoms with Gasteiger partial charge in [-0.25, -0.2) is 0 Å². The van der Waals surface area contributed by atoms with E-state index >= 15 is 0 Å². The molecule has 1 heterocycles. The molecular formula is C13H26N2O. The molecule has 2 N–H and O–H groups in total. The predicted octanol–water partition coefficient (Wildman–Crippen LogP) is 2.01. The largest absolute Gasteiger partial charge is 0.338 e. The van der Waals surface area contributed by atoms with E-state index in [0.29, 0.717) is 24.3 Å². The van der Waals surface area contributed by atoms with Crippen molar-refractivity contribution in [1.82, 2.24) is 4.90 Å². The van der Waals surface area contributed by atoms with Gasteiger partial charge in [-0.3, -0.25) is 4.79 Å². The second kappa shape index (κ2) is 4.74. The molecular weight excluding hydrogens is 200 g/mol. The van der Waals surface area contributed by atoms with Gasteiger partial charge in [-0.05, 0) is 38.5 Å². The van der Waals surface area contributed by atoms with Crippen molar-refractivity contribution >= 4 is 5.91 Å². The molecule has 94 valence electrons. The van der Waals surface area contributed by atoms with E-state index in [1.165, 1.54) is 6.42 Å². The Morgan fingerprint density at radius 2 is 2.00 bits per heavy atom. The average molecular weight is 226 g/mol. The van der Waals surface area contributed by atoms with Gasteiger partial charge in [0.15, 0.2) is 0 Å². The van der Waals surface area contributed by atoms with E-state index in [1.807, 2.05) is 18.7 Å². The molecule has 0 aromatic carbocycles. The Morgan fingerprint density at radius 3 is 2.50 bits per heavy atom. The number of nitrogens with two attached hydrogens (primary N) is 1. The van der Waals surface area contributed by atoms with Gasteiger partial charge in [0.25, 0.3) is 0 Å². The molecule has 1 rings (SSSR count). The zero-order chi connectivity index (χ0) is 12.5. The number of likely N-dealkylation sites (tertiary alicyclic amines) is 1. The van der Waals surface area contributed by atoms with Crippen LogP contribution >= 0.6 is 0 Å². The Labute approximate surface area is 99.4 Å². The van der Waals surface area contributed by atoms with Crippen molar-refractivity contribution in [3.63, 3.8) is 0 Å². The van der Waals surface area contributed by atoms with E-state index in [2.05, 4.69) is 20.8 Å². The maximum Gasteiger partial charge on any atom is 0.242 e. The topological polar surface area (TPSA) is 46.3 Å². The van der Waals surface area contributed by atoms with Gasteiger partial charge >= 0.3 is 0 Å². The second-order valence-electron chi connectivity index (χ2n) is 5.79. The monoisotopic (exact) mass is 226 g/mol. The number of piperidine rings is 1. The Morgan fingerprint density at radius 1 is 1.44 bits per heavy atom. The number of hydrogen-bond donors (Lipinski definition) is 1. The maximum atomic E-state index is 12.4. The van der Waals surface area contributed by atoms with Gasteiger partial charge in [0.05, 0.1) is 5.54 Å². The van der Waals surface area contributed by atoms with E-state index in [9.17, 15) is 4.79 Å². The first kappa shape index (κ1) is 13.5. The fourth-order valence-corrected chi connectivity index (χ4v) is 2.46. The van der Waals surface area contributed by atoms with Crippen molar-refractivity contribution in [2.24, 2.45) is 17.6 Å². The summed E-state index contributed by atoms with van der Waals surface area (Å²) in [6.45, 7) is 11.2. The number of amides is 1. The van der Waals surface area contributed by atoms with Crippen LogP contribution in [0.4, 0.5) is 0 Å². The molecule has 1 fully saturated rings. The summed E-state index contributed by atoms with van der Waals surface area (Å²) in [5.74, 6) is 1.27. The third-order valence-corrected chi connectivity index (χ3v) is 4.08. The van der Waals surface area contributed by atoms with Crippen LogP contribution in [0.1, 0.15) is 47.5 Å². The molecule has 3 heteroatoms. The van der Waals surface area contributed by atoms with Gasteiger partial charge in [0, 0.05) is 12.6 Å². The summed E-state index contributed by atoms with van der Waals surface area (Å²) in [5.41, 5.74) is 5.35. The number of hydrogen-bond acceptors (Lipinski definition) is 2. The standard InChI is InChI=1S/C13H26N2O/c1-6-13(5,14)12(16)15-8-9(2)7-10(3)11(15)4/h9-11H,6-8,14H2,1-5H3. The lowest BCUT2D eigenvalue weighted by atomic mass is 9.84. The van der Waals surface area contributed by atoms with Crippen LogP contribution < -0.4 is 5.73 Å². The smallest absolute Gasteiger partial charge is 0.242 e. The first-order valence-electron chi connectivity index (χ1n) is 6.39. The normalized spacial score (nSPS) is 34.6. The summed E-state index contributed by atoms with van der Waals surface area (Å²) < 4.78 is 0. The predicted molar refractivity (Wildman–Crippen MR) is 67.0 cm³/mol. The molecule has 4 atom stereocenters. The Kier molecular flexibility index (Phi) is 4.00. The highest BCUT2D eigenvalue weighted by molar-refractivity contribution is 5.86. The molecule has 16 heavy (non-hydrogen) atoms. The molecule has 0 spiro atoms. The highest BCUT2D eigenvalue weighted by Gasteiger charge is 2.38. The summed E-state index contributed by atoms with van der Waals surface area (Å²) >= 11 is 0. The molecule has 1 aliphatic heterocycles. The van der Waals surface area contributed by atoms with Crippen LogP contribution in [0, 0.1) is 11.8 Å². The van der Waals surface area contributed by atoms with E-state index in [4.69, 9.17) is 5.73 Å². The Bertz CT molecular complexity index is 263. The van der Waals surface area contributed by atoms with Crippen LogP contribution in [0.15, 0.2) is 0 Å². The summed E-state index contributed by atoms with van der Waals surface area (Å²) in [7, 11) is 0. The average Bonchev–Trinajstić information content (AvgIpc) is 2.22. The minimum Gasteiger partial charge on any atom is -0.338 e. The summed E-state index contributed by atoms with van der Waals surface area (Å²) in [4.78, 5) is 14.3. The second-order valence-corrected chi connectivity index (χ2v) is 5.79. The number of nitrogens with zero attached hydrogens (tertiary/aromatic N) is 1. The van der Waals surface area contributed by atoms with Gasteiger partial charge in [0.1, 0.15) is 0 Å². The molecule has 0 aromatic heterocycles. The van der Waals surface area contributed by atoms with E-state index in [-0.39, 0.29) is 5.91 Å². The van der Waals surface area contributed by atoms with Crippen molar-refractivity contribution in [1.29, 1.82) is 0 Å². The van der Waals surface area contributed by atoms with Crippen molar-refractivity contribution in [3.05, 3.63) is 0 Å². The Balaban J connectivity index is 2.82. The molecule has 1 aliphatic rings. The molecule has 0 aromatic rings. The fourth-order valence-electron chi connectivity index (χ4n) is 2.46. The van der Waals surface area contributed by atoms with Gasteiger partial charge < -0.3 is 10.6 Å². The number of carbonyl (C=O) groups is 1. The highest BCUT2D eigenvalue weighted by atomic mass is 16.2. The number of carbonyl (C=O) groups excluding carboxylic acids is 1. The van der Waals surface area contributed by atoms with Gasteiger partial charge in [-0.1, -0.05) is 20.8 Å². The molecule has 1 saturated heterocycles. The van der Waals surface area contributed by atoms with Crippen LogP contribution in [0.2, 0.25) is 0 Å². The lowest BCUT2D eigenvalue weighted by molar-refractivity contribution is -0.142. The van der Waals surface area contributed by atoms with Crippen LogP contribution in [0.25, 0.3) is 0 Å². The molecule has 3 nitrogen and oxygen atoms in total. The van der Waals surface area contributed by atoms with Gasteiger partial charge in [-0.15, -0.1) is 0 Å². The van der Waals surface area contributed by atoms with Crippen LogP contribution in [0.3, 0.4) is 0 Å². The molecule has 0 radical (unpaired) electrons. The highest BCUT2D eigenvalue weighted by Crippen LogP contribution is 2.28. The van der Waals surface area contributed by atoms with E-state index in [1.54, 1.807) is 0 Å². The summed E-state index contributed by atoms with van der Waals surface area (Å²) in [5, 5.41) is 0. The first-order chi connectivity index (χ1) is 7.29. The van der Waals surface area contributed by atoms with Crippen molar-refractivity contribution in [3.8, 4) is 0 Å². The van der Waals surface area contributed by atoms with Gasteiger partial charge in [0.2, 0.25) is 5.91 Å². The van der Waals surface area contributed by atoms with Crippen LogP contribution in [-0.2, 0) is 4.79 Å². The third kappa shape index (κ3) is 2.57. The zero-order valence-electron chi connectivity index (χ0n) is 11.3. The summed E-state index contributed by atoms with van der Waals surface area (Å²) in [6.07, 6.45) is 1.90. The molecule has 0 bridgehead atoms. The van der Waals surface area contributed by atoms with Crippen LogP contribution in [-0.4, -0.2) is 28.9 Å².